The highest BCUT2D eigenvalue weighted by atomic mass is 79.9. The van der Waals surface area contributed by atoms with Gasteiger partial charge in [0.15, 0.2) is 6.61 Å². The summed E-state index contributed by atoms with van der Waals surface area (Å²) >= 11 is 1.55. The van der Waals surface area contributed by atoms with Crippen molar-refractivity contribution in [3.8, 4) is 5.75 Å². The molecule has 2 heterocycles. The number of thiazole rings is 1. The van der Waals surface area contributed by atoms with Crippen molar-refractivity contribution in [1.82, 2.24) is 10.3 Å². The molecule has 0 saturated carbocycles. The van der Waals surface area contributed by atoms with E-state index in [-0.39, 0.29) is 29.5 Å². The van der Waals surface area contributed by atoms with E-state index in [0.29, 0.717) is 23.0 Å². The van der Waals surface area contributed by atoms with Crippen LogP contribution in [0.25, 0.3) is 0 Å². The second-order valence-corrected chi connectivity index (χ2v) is 6.83. The average molecular weight is 456 g/mol. The lowest BCUT2D eigenvalue weighted by Crippen LogP contribution is -2.26. The molecule has 0 unspecified atom stereocenters. The summed E-state index contributed by atoms with van der Waals surface area (Å²) < 4.78 is 9.78. The average Bonchev–Trinajstić information content (AvgIpc) is 3.18. The molecule has 2 N–H and O–H groups in total. The molecule has 146 valence electrons. The lowest BCUT2D eigenvalue weighted by molar-refractivity contribution is -0.142. The van der Waals surface area contributed by atoms with Crippen LogP contribution in [0.5, 0.6) is 5.75 Å². The summed E-state index contributed by atoms with van der Waals surface area (Å²) in [6.45, 7) is 1.84. The first-order valence-electron chi connectivity index (χ1n) is 8.43. The Kier molecular flexibility index (Phi) is 8.21. The summed E-state index contributed by atoms with van der Waals surface area (Å²) in [5.41, 5.74) is 1.08. The van der Waals surface area contributed by atoms with Gasteiger partial charge in [-0.2, -0.15) is 0 Å². The van der Waals surface area contributed by atoms with Crippen molar-refractivity contribution in [2.75, 3.05) is 32.1 Å². The first-order chi connectivity index (χ1) is 12.7. The summed E-state index contributed by atoms with van der Waals surface area (Å²) in [6, 6.07) is 6.79. The zero-order chi connectivity index (χ0) is 18.4. The molecule has 1 fully saturated rings. The molecule has 0 radical (unpaired) electrons. The molecule has 1 amide bonds. The van der Waals surface area contributed by atoms with E-state index in [1.165, 1.54) is 7.11 Å². The van der Waals surface area contributed by atoms with Crippen LogP contribution < -0.4 is 15.4 Å². The highest BCUT2D eigenvalue weighted by Gasteiger charge is 2.20. The third-order valence-corrected chi connectivity index (χ3v) is 5.15. The van der Waals surface area contributed by atoms with Crippen molar-refractivity contribution in [2.45, 2.75) is 18.8 Å². The number of ether oxygens (including phenoxy) is 2. The molecule has 27 heavy (non-hydrogen) atoms. The first-order valence-corrected chi connectivity index (χ1v) is 9.31. The van der Waals surface area contributed by atoms with Gasteiger partial charge in [-0.15, -0.1) is 28.3 Å². The normalized spacial score (nSPS) is 14.1. The maximum atomic E-state index is 12.4. The number of hydrogen-bond donors (Lipinski definition) is 2. The van der Waals surface area contributed by atoms with Crippen LogP contribution in [-0.2, 0) is 9.53 Å². The zero-order valence-corrected chi connectivity index (χ0v) is 17.4. The van der Waals surface area contributed by atoms with Crippen LogP contribution in [0.2, 0.25) is 0 Å². The molecule has 3 rings (SSSR count). The van der Waals surface area contributed by atoms with Gasteiger partial charge in [0, 0.05) is 17.0 Å². The van der Waals surface area contributed by atoms with Gasteiger partial charge < -0.3 is 20.1 Å². The molecular formula is C18H22BrN3O4S. The Balaban J connectivity index is 0.00000261. The Labute approximate surface area is 172 Å². The van der Waals surface area contributed by atoms with E-state index in [9.17, 15) is 9.59 Å². The largest absolute Gasteiger partial charge is 0.482 e. The quantitative estimate of drug-likeness (QED) is 0.650. The van der Waals surface area contributed by atoms with Gasteiger partial charge in [0.2, 0.25) is 0 Å². The third-order valence-electron chi connectivity index (χ3n) is 4.14. The lowest BCUT2D eigenvalue weighted by Gasteiger charge is -2.20. The molecule has 1 aromatic heterocycles. The smallest absolute Gasteiger partial charge is 0.343 e. The Morgan fingerprint density at radius 2 is 1.96 bits per heavy atom. The minimum absolute atomic E-state index is 0. The molecule has 0 spiro atoms. The van der Waals surface area contributed by atoms with E-state index in [4.69, 9.17) is 4.74 Å². The monoisotopic (exact) mass is 455 g/mol. The Bertz CT molecular complexity index is 760. The topological polar surface area (TPSA) is 89.5 Å². The van der Waals surface area contributed by atoms with Crippen LogP contribution in [0.3, 0.4) is 0 Å². The number of piperidine rings is 1. The number of aromatic nitrogens is 1. The van der Waals surface area contributed by atoms with Gasteiger partial charge in [-0.25, -0.2) is 9.78 Å². The number of nitrogens with one attached hydrogen (secondary N) is 2. The number of hydrogen-bond acceptors (Lipinski definition) is 7. The Hall–Kier alpha value is -1.97. The molecule has 9 heteroatoms. The number of anilines is 1. The Morgan fingerprint density at radius 3 is 2.63 bits per heavy atom. The van der Waals surface area contributed by atoms with Gasteiger partial charge in [0.25, 0.3) is 5.91 Å². The second kappa shape index (κ2) is 10.4. The zero-order valence-electron chi connectivity index (χ0n) is 14.9. The number of halogens is 1. The number of rotatable bonds is 6. The minimum atomic E-state index is -0.449. The van der Waals surface area contributed by atoms with Crippen LogP contribution in [0.15, 0.2) is 29.6 Å². The predicted molar refractivity (Wildman–Crippen MR) is 109 cm³/mol. The summed E-state index contributed by atoms with van der Waals surface area (Å²) in [7, 11) is 1.30. The predicted octanol–water partition coefficient (Wildman–Crippen LogP) is 2.99. The number of carbonyl (C=O) groups is 2. The van der Waals surface area contributed by atoms with Gasteiger partial charge >= 0.3 is 5.97 Å². The number of esters is 1. The molecule has 0 atom stereocenters. The van der Waals surface area contributed by atoms with Crippen molar-refractivity contribution < 1.29 is 19.1 Å². The molecule has 1 aliphatic rings. The van der Waals surface area contributed by atoms with Crippen LogP contribution in [0.4, 0.5) is 5.69 Å². The van der Waals surface area contributed by atoms with E-state index >= 15 is 0 Å². The highest BCUT2D eigenvalue weighted by molar-refractivity contribution is 8.93. The molecule has 1 saturated heterocycles. The number of benzene rings is 1. The molecular weight excluding hydrogens is 434 g/mol. The summed E-state index contributed by atoms with van der Waals surface area (Å²) in [5.74, 6) is 0.282. The van der Waals surface area contributed by atoms with E-state index in [2.05, 4.69) is 20.4 Å². The maximum Gasteiger partial charge on any atom is 0.343 e. The number of amides is 1. The number of nitrogens with zero attached hydrogens (tertiary/aromatic N) is 1. The minimum Gasteiger partial charge on any atom is -0.482 e. The van der Waals surface area contributed by atoms with Gasteiger partial charge in [-0.1, -0.05) is 0 Å². The van der Waals surface area contributed by atoms with Crippen molar-refractivity contribution >= 4 is 45.9 Å². The van der Waals surface area contributed by atoms with Crippen LogP contribution >= 0.6 is 28.3 Å². The van der Waals surface area contributed by atoms with Crippen molar-refractivity contribution in [3.63, 3.8) is 0 Å². The molecule has 1 aliphatic heterocycles. The Morgan fingerprint density at radius 1 is 1.26 bits per heavy atom. The highest BCUT2D eigenvalue weighted by Crippen LogP contribution is 2.28. The van der Waals surface area contributed by atoms with Gasteiger partial charge in [0.05, 0.1) is 12.1 Å². The maximum absolute atomic E-state index is 12.4. The first kappa shape index (κ1) is 21.3. The van der Waals surface area contributed by atoms with Gasteiger partial charge in [-0.3, -0.25) is 4.79 Å². The molecule has 2 aromatic rings. The van der Waals surface area contributed by atoms with Crippen molar-refractivity contribution in [3.05, 3.63) is 40.3 Å². The fourth-order valence-electron chi connectivity index (χ4n) is 2.68. The fraction of sp³-hybridized carbons (Fsp3) is 0.389. The second-order valence-electron chi connectivity index (χ2n) is 5.94. The fourth-order valence-corrected chi connectivity index (χ4v) is 3.65. The SMILES string of the molecule is Br.COC(=O)COc1ccc(NC(=O)c2csc(C3CCNCC3)n2)cc1. The number of methoxy groups -OCH3 is 1. The van der Waals surface area contributed by atoms with Crippen LogP contribution in [-0.4, -0.2) is 43.7 Å². The van der Waals surface area contributed by atoms with Crippen LogP contribution in [0.1, 0.15) is 34.3 Å². The molecule has 0 bridgehead atoms. The standard InChI is InChI=1S/C18H21N3O4S.BrH/c1-24-16(22)10-25-14-4-2-13(3-5-14)20-17(23)15-11-26-18(21-15)12-6-8-19-9-7-12;/h2-5,11-12,19H,6-10H2,1H3,(H,20,23);1H. The number of carbonyl (C=O) groups excluding carboxylic acids is 2. The molecule has 0 aliphatic carbocycles. The van der Waals surface area contributed by atoms with Crippen molar-refractivity contribution in [2.24, 2.45) is 0 Å². The summed E-state index contributed by atoms with van der Waals surface area (Å²) in [4.78, 5) is 27.9. The summed E-state index contributed by atoms with van der Waals surface area (Å²) in [5, 5.41) is 8.99. The van der Waals surface area contributed by atoms with E-state index in [1.807, 2.05) is 0 Å². The third kappa shape index (κ3) is 6.02. The van der Waals surface area contributed by atoms with E-state index in [0.717, 1.165) is 30.9 Å². The molecule has 1 aromatic carbocycles. The summed E-state index contributed by atoms with van der Waals surface area (Å²) in [6.07, 6.45) is 2.11. The van der Waals surface area contributed by atoms with E-state index in [1.54, 1.807) is 41.0 Å². The molecule has 7 nitrogen and oxygen atoms in total. The van der Waals surface area contributed by atoms with Gasteiger partial charge in [0.1, 0.15) is 11.4 Å². The van der Waals surface area contributed by atoms with Crippen LogP contribution in [0, 0.1) is 0 Å². The van der Waals surface area contributed by atoms with Crippen molar-refractivity contribution in [1.29, 1.82) is 0 Å². The van der Waals surface area contributed by atoms with E-state index < -0.39 is 5.97 Å². The lowest BCUT2D eigenvalue weighted by atomic mass is 9.99. The van der Waals surface area contributed by atoms with Gasteiger partial charge in [-0.05, 0) is 50.2 Å².